The van der Waals surface area contributed by atoms with Crippen LogP contribution in [0.3, 0.4) is 0 Å². The summed E-state index contributed by atoms with van der Waals surface area (Å²) in [5.74, 6) is 0.547. The van der Waals surface area contributed by atoms with Crippen LogP contribution in [0.1, 0.15) is 72.8 Å². The van der Waals surface area contributed by atoms with Crippen LogP contribution in [0.15, 0.2) is 103 Å². The Labute approximate surface area is 321 Å². The molecule has 0 amide bonds. The number of aliphatic hydroxyl groups is 1. The zero-order valence-electron chi connectivity index (χ0n) is 31.2. The number of benzene rings is 3. The van der Waals surface area contributed by atoms with Gasteiger partial charge in [-0.3, -0.25) is 9.78 Å². The van der Waals surface area contributed by atoms with Gasteiger partial charge in [0.05, 0.1) is 11.2 Å². The molecule has 5 nitrogen and oxygen atoms in total. The van der Waals surface area contributed by atoms with Crippen molar-refractivity contribution in [1.29, 1.82) is 0 Å². The van der Waals surface area contributed by atoms with Gasteiger partial charge in [-0.25, -0.2) is 0 Å². The molecule has 52 heavy (non-hydrogen) atoms. The van der Waals surface area contributed by atoms with Crippen molar-refractivity contribution < 1.29 is 43.2 Å². The maximum absolute atomic E-state index is 13.2. The molecule has 0 atom stereocenters. The molecule has 0 unspecified atom stereocenters. The van der Waals surface area contributed by atoms with Crippen molar-refractivity contribution in [2.75, 3.05) is 11.9 Å². The molecule has 3 aromatic carbocycles. The molecular formula is C42H50BF3IrN3O2-. The van der Waals surface area contributed by atoms with Crippen molar-refractivity contribution >= 4 is 29.7 Å². The van der Waals surface area contributed by atoms with Gasteiger partial charge in [0, 0.05) is 55.5 Å². The Hall–Kier alpha value is -3.88. The fourth-order valence-corrected chi connectivity index (χ4v) is 6.32. The smallest absolute Gasteiger partial charge is 0.394 e. The maximum atomic E-state index is 13.2. The zero-order valence-corrected chi connectivity index (χ0v) is 33.6. The largest absolute Gasteiger partial charge is 0.682 e. The van der Waals surface area contributed by atoms with E-state index >= 15 is 0 Å². The number of alkyl halides is 3. The van der Waals surface area contributed by atoms with Crippen molar-refractivity contribution in [2.45, 2.75) is 79.8 Å². The third-order valence-corrected chi connectivity index (χ3v) is 9.94. The summed E-state index contributed by atoms with van der Waals surface area (Å²) in [7, 11) is 2.03. The van der Waals surface area contributed by atoms with Gasteiger partial charge in [-0.2, -0.15) is 13.2 Å². The molecule has 0 saturated heterocycles. The summed E-state index contributed by atoms with van der Waals surface area (Å²) < 4.78 is 39.7. The van der Waals surface area contributed by atoms with Crippen LogP contribution in [-0.2, 0) is 31.3 Å². The molecule has 4 aromatic rings. The molecule has 1 radical (unpaired) electrons. The van der Waals surface area contributed by atoms with Crippen LogP contribution in [-0.4, -0.2) is 36.1 Å². The first kappa shape index (κ1) is 42.5. The zero-order chi connectivity index (χ0) is 37.3. The second-order valence-electron chi connectivity index (χ2n) is 13.9. The third kappa shape index (κ3) is 10.4. The molecule has 2 heterocycles. The topological polar surface area (TPSA) is 67.5 Å². The summed E-state index contributed by atoms with van der Waals surface area (Å²) >= 11 is 0. The van der Waals surface area contributed by atoms with E-state index in [0.717, 1.165) is 64.9 Å². The van der Waals surface area contributed by atoms with E-state index in [1.807, 2.05) is 89.5 Å². The first-order valence-corrected chi connectivity index (χ1v) is 17.9. The normalized spacial score (nSPS) is 13.0. The second-order valence-corrected chi connectivity index (χ2v) is 13.9. The standard InChI is InChI=1S/C29H26BF3N3.C13H24O2.Ir/c1-28(2,29(31,32)33)19-20-8-10-21(11-9-20)22-12-14-23(15-13-22)24-16-17-34-27(18-24)30-35-25-6-4-5-7-26(25)36(30)3;1-5-10(6-2)12(14)9-13(15)11(7-3)8-4;/h4-18H,19H2,1-3H3;9-11,14H,5-8H2,1-4H3;/q-1;;/b;12-9-;. The number of rotatable bonds is 12. The van der Waals surface area contributed by atoms with Gasteiger partial charge >= 0.3 is 6.18 Å². The Bertz CT molecular complexity index is 1770. The monoisotopic (exact) mass is 889 g/mol. The fraction of sp³-hybridized carbons (Fsp3) is 0.381. The van der Waals surface area contributed by atoms with Gasteiger partial charge in [0.25, 0.3) is 0 Å². The van der Waals surface area contributed by atoms with Gasteiger partial charge in [0.15, 0.2) is 5.78 Å². The van der Waals surface area contributed by atoms with Crippen molar-refractivity contribution in [3.63, 3.8) is 0 Å². The molecule has 1 aliphatic heterocycles. The number of nitrogens with zero attached hydrogens (tertiary/aromatic N) is 3. The molecule has 1 N–H and O–H groups in total. The van der Waals surface area contributed by atoms with E-state index in [4.69, 9.17) is 5.23 Å². The Morgan fingerprint density at radius 3 is 1.87 bits per heavy atom. The van der Waals surface area contributed by atoms with Crippen LogP contribution in [0.25, 0.3) is 27.5 Å². The van der Waals surface area contributed by atoms with E-state index in [1.165, 1.54) is 19.9 Å². The number of hydrogen-bond acceptors (Lipinski definition) is 4. The van der Waals surface area contributed by atoms with E-state index in [2.05, 4.69) is 34.1 Å². The Kier molecular flexibility index (Phi) is 15.3. The predicted molar refractivity (Wildman–Crippen MR) is 206 cm³/mol. The van der Waals surface area contributed by atoms with Gasteiger partial charge in [-0.15, -0.1) is 5.69 Å². The van der Waals surface area contributed by atoms with Crippen molar-refractivity contribution in [3.8, 4) is 22.3 Å². The summed E-state index contributed by atoms with van der Waals surface area (Å²) in [5, 5.41) is 14.6. The number of para-hydroxylation sites is 1. The molecule has 5 rings (SSSR count). The van der Waals surface area contributed by atoms with E-state index in [0.29, 0.717) is 5.56 Å². The second kappa shape index (κ2) is 18.7. The average Bonchev–Trinajstić information content (AvgIpc) is 3.45. The number of carbonyl (C=O) groups is 1. The summed E-state index contributed by atoms with van der Waals surface area (Å²) in [6.07, 6.45) is 2.43. The average molecular weight is 889 g/mol. The molecule has 279 valence electrons. The number of allylic oxidation sites excluding steroid dienone is 2. The van der Waals surface area contributed by atoms with Crippen LogP contribution in [0, 0.1) is 17.3 Å². The predicted octanol–water partition coefficient (Wildman–Crippen LogP) is 11.3. The summed E-state index contributed by atoms with van der Waals surface area (Å²) in [4.78, 5) is 18.4. The Morgan fingerprint density at radius 1 is 0.827 bits per heavy atom. The third-order valence-electron chi connectivity index (χ3n) is 9.94. The van der Waals surface area contributed by atoms with Crippen molar-refractivity contribution in [1.82, 2.24) is 4.98 Å². The molecular weight excluding hydrogens is 839 g/mol. The quantitative estimate of drug-likeness (QED) is 0.0874. The molecule has 10 heteroatoms. The van der Waals surface area contributed by atoms with Crippen molar-refractivity contribution in [3.05, 3.63) is 114 Å². The van der Waals surface area contributed by atoms with Gasteiger partial charge in [0.2, 0.25) is 6.98 Å². The van der Waals surface area contributed by atoms with Crippen LogP contribution in [0.4, 0.5) is 24.5 Å². The number of aliphatic hydroxyl groups excluding tert-OH is 1. The van der Waals surface area contributed by atoms with E-state index in [1.54, 1.807) is 12.1 Å². The number of fused-ring (bicyclic) bond motifs is 1. The number of anilines is 1. The van der Waals surface area contributed by atoms with E-state index in [-0.39, 0.29) is 56.9 Å². The molecule has 0 bridgehead atoms. The molecule has 0 fully saturated rings. The summed E-state index contributed by atoms with van der Waals surface area (Å²) in [6, 6.07) is 27.6. The first-order chi connectivity index (χ1) is 24.2. The number of pyridine rings is 1. The van der Waals surface area contributed by atoms with Crippen LogP contribution in [0.2, 0.25) is 0 Å². The maximum Gasteiger partial charge on any atom is 0.394 e. The van der Waals surface area contributed by atoms with Gasteiger partial charge in [-0.05, 0) is 85.2 Å². The summed E-state index contributed by atoms with van der Waals surface area (Å²) in [6.45, 7) is 10.4. The van der Waals surface area contributed by atoms with E-state index < -0.39 is 11.6 Å². The van der Waals surface area contributed by atoms with Gasteiger partial charge < -0.3 is 15.1 Å². The van der Waals surface area contributed by atoms with Crippen LogP contribution >= 0.6 is 0 Å². The van der Waals surface area contributed by atoms with Gasteiger partial charge in [-0.1, -0.05) is 108 Å². The minimum Gasteiger partial charge on any atom is -0.682 e. The van der Waals surface area contributed by atoms with Crippen molar-refractivity contribution in [2.24, 2.45) is 17.3 Å². The van der Waals surface area contributed by atoms with Crippen LogP contribution < -0.4 is 10.4 Å². The number of hydrogen-bond donors (Lipinski definition) is 1. The first-order valence-electron chi connectivity index (χ1n) is 17.9. The minimum absolute atomic E-state index is 0. The SMILES string of the molecule is CCC(CC)C(=O)/C=C(\O)C(CC)CC.CN1B(c2cc(-c3ccc(-c4ccc(CC(C)(C)C(F)(F)F)cc4)cc3)ccn2)[N-]c2ccccc21.[Ir]. The fourth-order valence-electron chi connectivity index (χ4n) is 6.32. The number of aromatic nitrogens is 1. The number of halogens is 3. The Balaban J connectivity index is 0.000000389. The molecule has 1 aliphatic rings. The van der Waals surface area contributed by atoms with Crippen LogP contribution in [0.5, 0.6) is 0 Å². The molecule has 1 aromatic heterocycles. The molecule has 0 saturated carbocycles. The number of ketones is 1. The van der Waals surface area contributed by atoms with E-state index in [9.17, 15) is 23.1 Å². The molecule has 0 spiro atoms. The number of carbonyl (C=O) groups excluding carboxylic acids is 1. The minimum atomic E-state index is -4.24. The van der Waals surface area contributed by atoms with Gasteiger partial charge in [0.1, 0.15) is 0 Å². The summed E-state index contributed by atoms with van der Waals surface area (Å²) in [5.41, 5.74) is 5.94. The molecule has 0 aliphatic carbocycles. The Morgan fingerprint density at radius 2 is 1.35 bits per heavy atom.